The Labute approximate surface area is 113 Å². The third-order valence-corrected chi connectivity index (χ3v) is 3.45. The molecule has 0 aliphatic rings. The van der Waals surface area contributed by atoms with E-state index >= 15 is 0 Å². The van der Waals surface area contributed by atoms with E-state index in [1.165, 1.54) is 0 Å². The number of hydrogen-bond acceptors (Lipinski definition) is 3. The summed E-state index contributed by atoms with van der Waals surface area (Å²) in [5.41, 5.74) is 1.13. The van der Waals surface area contributed by atoms with Crippen LogP contribution >= 0.6 is 23.4 Å². The van der Waals surface area contributed by atoms with Crippen molar-refractivity contribution in [3.63, 3.8) is 0 Å². The first-order valence-corrected chi connectivity index (χ1v) is 7.51. The van der Waals surface area contributed by atoms with Gasteiger partial charge in [-0.05, 0) is 18.4 Å². The Morgan fingerprint density at radius 3 is 2.88 bits per heavy atom. The average Bonchev–Trinajstić information content (AvgIpc) is 2.34. The van der Waals surface area contributed by atoms with Gasteiger partial charge >= 0.3 is 0 Å². The van der Waals surface area contributed by atoms with Gasteiger partial charge in [0.25, 0.3) is 0 Å². The van der Waals surface area contributed by atoms with Crippen molar-refractivity contribution in [1.29, 1.82) is 0 Å². The van der Waals surface area contributed by atoms with Crippen molar-refractivity contribution in [3.05, 3.63) is 28.8 Å². The molecule has 0 radical (unpaired) electrons. The lowest BCUT2D eigenvalue weighted by atomic mass is 10.2. The highest BCUT2D eigenvalue weighted by Crippen LogP contribution is 2.28. The van der Waals surface area contributed by atoms with Crippen LogP contribution in [0.3, 0.4) is 0 Å². The summed E-state index contributed by atoms with van der Waals surface area (Å²) in [5.74, 6) is 2.95. The smallest absolute Gasteiger partial charge is 0.142 e. The quantitative estimate of drug-likeness (QED) is 0.732. The van der Waals surface area contributed by atoms with Crippen LogP contribution in [0.25, 0.3) is 0 Å². The number of nitrogens with one attached hydrogen (secondary N) is 1. The maximum absolute atomic E-state index is 6.16. The Morgan fingerprint density at radius 2 is 2.18 bits per heavy atom. The van der Waals surface area contributed by atoms with Crippen LogP contribution in [0, 0.1) is 0 Å². The summed E-state index contributed by atoms with van der Waals surface area (Å²) in [4.78, 5) is 0. The highest BCUT2D eigenvalue weighted by atomic mass is 35.5. The highest BCUT2D eigenvalue weighted by Gasteiger charge is 2.07. The molecular weight excluding hydrogens is 254 g/mol. The molecule has 0 heterocycles. The van der Waals surface area contributed by atoms with Gasteiger partial charge in [-0.3, -0.25) is 0 Å². The van der Waals surface area contributed by atoms with E-state index in [4.69, 9.17) is 16.3 Å². The Kier molecular flexibility index (Phi) is 7.49. The van der Waals surface area contributed by atoms with Crippen molar-refractivity contribution in [2.24, 2.45) is 0 Å². The lowest BCUT2D eigenvalue weighted by Crippen LogP contribution is -2.13. The van der Waals surface area contributed by atoms with Crippen molar-refractivity contribution < 1.29 is 4.74 Å². The monoisotopic (exact) mass is 273 g/mol. The Hall–Kier alpha value is -0.380. The molecule has 1 aromatic rings. The van der Waals surface area contributed by atoms with Crippen LogP contribution in [-0.4, -0.2) is 24.7 Å². The number of hydrogen-bond donors (Lipinski definition) is 1. The largest absolute Gasteiger partial charge is 0.491 e. The second kappa shape index (κ2) is 8.67. The predicted octanol–water partition coefficient (Wildman–Crippen LogP) is 3.58. The predicted molar refractivity (Wildman–Crippen MR) is 77.3 cm³/mol. The van der Waals surface area contributed by atoms with Crippen LogP contribution in [-0.2, 0) is 6.54 Å². The number of rotatable bonds is 8. The van der Waals surface area contributed by atoms with Crippen LogP contribution < -0.4 is 10.1 Å². The van der Waals surface area contributed by atoms with Crippen LogP contribution in [0.5, 0.6) is 5.75 Å². The Bertz CT molecular complexity index is 333. The molecule has 1 N–H and O–H groups in total. The number of para-hydroxylation sites is 1. The molecule has 0 atom stereocenters. The molecule has 4 heteroatoms. The van der Waals surface area contributed by atoms with Crippen molar-refractivity contribution in [2.45, 2.75) is 20.4 Å². The summed E-state index contributed by atoms with van der Waals surface area (Å²) in [6, 6.07) is 5.89. The zero-order chi connectivity index (χ0) is 12.5. The minimum absolute atomic E-state index is 0.696. The minimum Gasteiger partial charge on any atom is -0.491 e. The van der Waals surface area contributed by atoms with Gasteiger partial charge < -0.3 is 10.1 Å². The van der Waals surface area contributed by atoms with E-state index in [0.717, 1.165) is 35.9 Å². The fourth-order valence-corrected chi connectivity index (χ4v) is 2.20. The lowest BCUT2D eigenvalue weighted by molar-refractivity contribution is 0.339. The maximum atomic E-state index is 6.16. The fraction of sp³-hybridized carbons (Fsp3) is 0.538. The molecule has 0 saturated heterocycles. The van der Waals surface area contributed by atoms with Crippen molar-refractivity contribution in [3.8, 4) is 5.75 Å². The van der Waals surface area contributed by atoms with E-state index in [2.05, 4.69) is 25.2 Å². The van der Waals surface area contributed by atoms with Gasteiger partial charge in [-0.25, -0.2) is 0 Å². The summed E-state index contributed by atoms with van der Waals surface area (Å²) >= 11 is 8.03. The van der Waals surface area contributed by atoms with E-state index in [9.17, 15) is 0 Å². The molecule has 0 saturated carbocycles. The first kappa shape index (κ1) is 14.7. The van der Waals surface area contributed by atoms with Gasteiger partial charge in [0.05, 0.1) is 11.6 Å². The molecule has 0 amide bonds. The third-order valence-electron chi connectivity index (χ3n) is 2.29. The van der Waals surface area contributed by atoms with Gasteiger partial charge in [0, 0.05) is 17.9 Å². The topological polar surface area (TPSA) is 21.3 Å². The number of benzene rings is 1. The van der Waals surface area contributed by atoms with E-state index in [1.807, 2.05) is 23.9 Å². The van der Waals surface area contributed by atoms with Crippen LogP contribution in [0.1, 0.15) is 19.4 Å². The first-order chi connectivity index (χ1) is 8.29. The van der Waals surface area contributed by atoms with Gasteiger partial charge in [0.2, 0.25) is 0 Å². The van der Waals surface area contributed by atoms with E-state index < -0.39 is 0 Å². The van der Waals surface area contributed by atoms with Crippen LogP contribution in [0.15, 0.2) is 18.2 Å². The molecule has 1 rings (SSSR count). The molecule has 2 nitrogen and oxygen atoms in total. The van der Waals surface area contributed by atoms with Gasteiger partial charge in [-0.1, -0.05) is 37.6 Å². The van der Waals surface area contributed by atoms with Crippen molar-refractivity contribution in [1.82, 2.24) is 5.32 Å². The van der Waals surface area contributed by atoms with Gasteiger partial charge in [-0.15, -0.1) is 0 Å². The number of halogens is 1. The van der Waals surface area contributed by atoms with E-state index in [1.54, 1.807) is 0 Å². The minimum atomic E-state index is 0.696. The summed E-state index contributed by atoms with van der Waals surface area (Å²) in [6.45, 7) is 6.69. The van der Waals surface area contributed by atoms with E-state index in [0.29, 0.717) is 11.6 Å². The fourth-order valence-electron chi connectivity index (χ4n) is 1.46. The van der Waals surface area contributed by atoms with Gasteiger partial charge in [-0.2, -0.15) is 11.8 Å². The first-order valence-electron chi connectivity index (χ1n) is 5.98. The number of thioether (sulfide) groups is 1. The zero-order valence-corrected chi connectivity index (χ0v) is 12.0. The standard InChI is InChI=1S/C13H20ClNOS/c1-3-15-10-11-6-5-7-12(14)13(11)16-8-9-17-4-2/h5-7,15H,3-4,8-10H2,1-2H3. The summed E-state index contributed by atoms with van der Waals surface area (Å²) < 4.78 is 5.77. The molecule has 1 aromatic carbocycles. The summed E-state index contributed by atoms with van der Waals surface area (Å²) in [6.07, 6.45) is 0. The highest BCUT2D eigenvalue weighted by molar-refractivity contribution is 7.99. The number of ether oxygens (including phenoxy) is 1. The van der Waals surface area contributed by atoms with Gasteiger partial charge in [0.1, 0.15) is 5.75 Å². The van der Waals surface area contributed by atoms with Crippen LogP contribution in [0.4, 0.5) is 0 Å². The van der Waals surface area contributed by atoms with Crippen molar-refractivity contribution in [2.75, 3.05) is 24.7 Å². The van der Waals surface area contributed by atoms with E-state index in [-0.39, 0.29) is 0 Å². The zero-order valence-electron chi connectivity index (χ0n) is 10.5. The molecule has 0 spiro atoms. The van der Waals surface area contributed by atoms with Crippen LogP contribution in [0.2, 0.25) is 5.02 Å². The molecule has 0 aliphatic heterocycles. The van der Waals surface area contributed by atoms with Crippen molar-refractivity contribution >= 4 is 23.4 Å². The average molecular weight is 274 g/mol. The maximum Gasteiger partial charge on any atom is 0.142 e. The molecule has 0 bridgehead atoms. The normalized spacial score (nSPS) is 10.5. The second-order valence-corrected chi connectivity index (χ2v) is 5.35. The Balaban J connectivity index is 2.60. The molecule has 0 fully saturated rings. The summed E-state index contributed by atoms with van der Waals surface area (Å²) in [5, 5.41) is 3.99. The lowest BCUT2D eigenvalue weighted by Gasteiger charge is -2.13. The molecule has 17 heavy (non-hydrogen) atoms. The molecule has 0 aromatic heterocycles. The molecule has 0 unspecified atom stereocenters. The third kappa shape index (κ3) is 5.19. The summed E-state index contributed by atoms with van der Waals surface area (Å²) in [7, 11) is 0. The second-order valence-electron chi connectivity index (χ2n) is 3.55. The molecular formula is C13H20ClNOS. The van der Waals surface area contributed by atoms with Gasteiger partial charge in [0.15, 0.2) is 0 Å². The Morgan fingerprint density at radius 1 is 1.35 bits per heavy atom. The molecule has 96 valence electrons. The molecule has 0 aliphatic carbocycles. The SMILES string of the molecule is CCNCc1cccc(Cl)c1OCCSCC.